The van der Waals surface area contributed by atoms with Gasteiger partial charge in [0.15, 0.2) is 28.6 Å². The number of amides is 1. The third-order valence-corrected chi connectivity index (χ3v) is 4.94. The first kappa shape index (κ1) is 18.3. The van der Waals surface area contributed by atoms with E-state index < -0.39 is 0 Å². The number of ether oxygens (including phenoxy) is 2. The van der Waals surface area contributed by atoms with Crippen LogP contribution in [0.1, 0.15) is 25.8 Å². The highest BCUT2D eigenvalue weighted by atomic mass is 32.2. The van der Waals surface area contributed by atoms with Gasteiger partial charge in [-0.3, -0.25) is 9.36 Å². The van der Waals surface area contributed by atoms with Crippen molar-refractivity contribution in [3.8, 4) is 11.5 Å². The Morgan fingerprint density at radius 3 is 2.96 bits per heavy atom. The van der Waals surface area contributed by atoms with Crippen LogP contribution in [-0.4, -0.2) is 39.1 Å². The maximum Gasteiger partial charge on any atom is 0.233 e. The van der Waals surface area contributed by atoms with Gasteiger partial charge in [-0.25, -0.2) is 0 Å². The molecule has 0 unspecified atom stereocenters. The fraction of sp³-hybridized carbons (Fsp3) is 0.389. The second-order valence-corrected chi connectivity index (χ2v) is 7.07. The number of para-hydroxylation sites is 2. The van der Waals surface area contributed by atoms with Crippen molar-refractivity contribution in [1.29, 1.82) is 0 Å². The van der Waals surface area contributed by atoms with E-state index in [1.807, 2.05) is 42.7 Å². The van der Waals surface area contributed by atoms with Crippen LogP contribution >= 0.6 is 11.8 Å². The minimum Gasteiger partial charge on any atom is -0.485 e. The van der Waals surface area contributed by atoms with Crippen LogP contribution in [0.15, 0.2) is 42.1 Å². The first-order chi connectivity index (χ1) is 12.6. The van der Waals surface area contributed by atoms with Crippen molar-refractivity contribution in [2.45, 2.75) is 36.9 Å². The van der Waals surface area contributed by atoms with E-state index in [-0.39, 0.29) is 17.3 Å². The van der Waals surface area contributed by atoms with E-state index in [0.29, 0.717) is 36.4 Å². The monoisotopic (exact) mass is 374 g/mol. The van der Waals surface area contributed by atoms with Gasteiger partial charge in [0.1, 0.15) is 6.61 Å². The van der Waals surface area contributed by atoms with Crippen LogP contribution in [0.4, 0.5) is 0 Å². The molecule has 1 aromatic heterocycles. The summed E-state index contributed by atoms with van der Waals surface area (Å²) in [6.45, 7) is 9.02. The van der Waals surface area contributed by atoms with Crippen LogP contribution in [0.5, 0.6) is 11.5 Å². The number of hydrogen-bond donors (Lipinski definition) is 1. The molecule has 0 bridgehead atoms. The third kappa shape index (κ3) is 3.85. The molecule has 3 rings (SSSR count). The Bertz CT molecular complexity index is 792. The molecule has 138 valence electrons. The van der Waals surface area contributed by atoms with Gasteiger partial charge >= 0.3 is 0 Å². The zero-order chi connectivity index (χ0) is 18.5. The number of thioether (sulfide) groups is 1. The topological polar surface area (TPSA) is 78.3 Å². The van der Waals surface area contributed by atoms with Crippen molar-refractivity contribution < 1.29 is 14.3 Å². The molecule has 0 spiro atoms. The number of fused-ring (bicyclic) bond motifs is 1. The lowest BCUT2D eigenvalue weighted by Gasteiger charge is -2.26. The number of nitrogens with zero attached hydrogens (tertiary/aromatic N) is 3. The molecule has 1 N–H and O–H groups in total. The lowest BCUT2D eigenvalue weighted by molar-refractivity contribution is -0.120. The molecule has 26 heavy (non-hydrogen) atoms. The van der Waals surface area contributed by atoms with Crippen molar-refractivity contribution in [3.05, 3.63) is 42.7 Å². The first-order valence-electron chi connectivity index (χ1n) is 8.50. The Balaban J connectivity index is 1.81. The van der Waals surface area contributed by atoms with Gasteiger partial charge in [-0.2, -0.15) is 0 Å². The first-order valence-corrected chi connectivity index (χ1v) is 9.38. The number of benzene rings is 1. The summed E-state index contributed by atoms with van der Waals surface area (Å²) in [5, 5.41) is 11.8. The highest BCUT2D eigenvalue weighted by molar-refractivity contribution is 8.00. The molecule has 2 atom stereocenters. The van der Waals surface area contributed by atoms with E-state index in [9.17, 15) is 4.79 Å². The Morgan fingerprint density at radius 1 is 1.46 bits per heavy atom. The Hall–Kier alpha value is -2.48. The quantitative estimate of drug-likeness (QED) is 0.593. The molecule has 0 fully saturated rings. The molecular weight excluding hydrogens is 352 g/mol. The van der Waals surface area contributed by atoms with E-state index in [2.05, 4.69) is 22.1 Å². The average molecular weight is 374 g/mol. The molecule has 1 amide bonds. The van der Waals surface area contributed by atoms with Crippen LogP contribution in [0.3, 0.4) is 0 Å². The molecule has 0 saturated carbocycles. The van der Waals surface area contributed by atoms with E-state index in [0.717, 1.165) is 5.75 Å². The Labute approximate surface area is 156 Å². The number of carbonyl (C=O) groups is 1. The van der Waals surface area contributed by atoms with E-state index in [1.54, 1.807) is 6.08 Å². The van der Waals surface area contributed by atoms with Crippen LogP contribution in [0.2, 0.25) is 0 Å². The van der Waals surface area contributed by atoms with Gasteiger partial charge in [0.25, 0.3) is 0 Å². The van der Waals surface area contributed by atoms with Crippen molar-refractivity contribution >= 4 is 17.7 Å². The summed E-state index contributed by atoms with van der Waals surface area (Å²) in [5.41, 5.74) is 0. The molecule has 7 nitrogen and oxygen atoms in total. The zero-order valence-electron chi connectivity index (χ0n) is 14.8. The van der Waals surface area contributed by atoms with Gasteiger partial charge in [0.2, 0.25) is 5.91 Å². The van der Waals surface area contributed by atoms with Crippen LogP contribution < -0.4 is 14.8 Å². The van der Waals surface area contributed by atoms with Crippen molar-refractivity contribution in [1.82, 2.24) is 20.1 Å². The largest absolute Gasteiger partial charge is 0.485 e. The number of allylic oxidation sites excluding steroid dienone is 1. The highest BCUT2D eigenvalue weighted by Crippen LogP contribution is 2.36. The lowest BCUT2D eigenvalue weighted by atomic mass is 10.2. The number of aromatic nitrogens is 3. The summed E-state index contributed by atoms with van der Waals surface area (Å²) < 4.78 is 13.7. The highest BCUT2D eigenvalue weighted by Gasteiger charge is 2.29. The van der Waals surface area contributed by atoms with Crippen molar-refractivity contribution in [2.24, 2.45) is 0 Å². The van der Waals surface area contributed by atoms with Crippen molar-refractivity contribution in [3.63, 3.8) is 0 Å². The maximum atomic E-state index is 12.0. The van der Waals surface area contributed by atoms with Gasteiger partial charge in [-0.1, -0.05) is 30.0 Å². The molecule has 8 heteroatoms. The lowest BCUT2D eigenvalue weighted by Crippen LogP contribution is -2.30. The minimum absolute atomic E-state index is 0.0293. The molecule has 0 aliphatic carbocycles. The molecule has 1 aliphatic rings. The molecule has 2 heterocycles. The Morgan fingerprint density at radius 2 is 2.23 bits per heavy atom. The van der Waals surface area contributed by atoms with E-state index in [4.69, 9.17) is 9.47 Å². The van der Waals surface area contributed by atoms with Crippen molar-refractivity contribution in [2.75, 3.05) is 13.2 Å². The Kier molecular flexibility index (Phi) is 5.82. The van der Waals surface area contributed by atoms with Gasteiger partial charge in [-0.15, -0.1) is 16.8 Å². The summed E-state index contributed by atoms with van der Waals surface area (Å²) in [4.78, 5) is 12.0. The summed E-state index contributed by atoms with van der Waals surface area (Å²) in [6.07, 6.45) is 1.40. The normalized spacial score (nSPS) is 16.8. The SMILES string of the molecule is C=CCn1c(S[C@@H](C)C(=O)NCC)nnc1[C@@H]1COc2ccccc2O1. The predicted octanol–water partition coefficient (Wildman–Crippen LogP) is 2.59. The molecule has 1 aromatic carbocycles. The second-order valence-electron chi connectivity index (χ2n) is 5.76. The van der Waals surface area contributed by atoms with Gasteiger partial charge in [0, 0.05) is 13.1 Å². The van der Waals surface area contributed by atoms with Crippen LogP contribution in [0, 0.1) is 0 Å². The number of rotatable bonds is 7. The minimum atomic E-state index is -0.369. The molecule has 0 radical (unpaired) electrons. The summed E-state index contributed by atoms with van der Waals surface area (Å²) in [5.74, 6) is 2.03. The number of nitrogens with one attached hydrogen (secondary N) is 1. The fourth-order valence-corrected chi connectivity index (χ4v) is 3.49. The molecule has 2 aromatic rings. The van der Waals surface area contributed by atoms with Gasteiger partial charge in [-0.05, 0) is 26.0 Å². The molecular formula is C18H22N4O3S. The smallest absolute Gasteiger partial charge is 0.233 e. The number of hydrogen-bond acceptors (Lipinski definition) is 6. The van der Waals surface area contributed by atoms with Crippen LogP contribution in [0.25, 0.3) is 0 Å². The fourth-order valence-electron chi connectivity index (χ4n) is 2.60. The summed E-state index contributed by atoms with van der Waals surface area (Å²) in [6, 6.07) is 7.53. The average Bonchev–Trinajstić information content (AvgIpc) is 3.04. The van der Waals surface area contributed by atoms with Gasteiger partial charge < -0.3 is 14.8 Å². The summed E-state index contributed by atoms with van der Waals surface area (Å²) >= 11 is 1.36. The standard InChI is InChI=1S/C18H22N4O3S/c1-4-10-22-16(15-11-24-13-8-6-7-9-14(13)25-15)20-21-18(22)26-12(3)17(23)19-5-2/h4,6-9,12,15H,1,5,10-11H2,2-3H3,(H,19,23)/t12-,15-/m0/s1. The maximum absolute atomic E-state index is 12.0. The third-order valence-electron chi connectivity index (χ3n) is 3.86. The summed E-state index contributed by atoms with van der Waals surface area (Å²) in [7, 11) is 0. The van der Waals surface area contributed by atoms with E-state index in [1.165, 1.54) is 11.8 Å². The van der Waals surface area contributed by atoms with Crippen LogP contribution in [-0.2, 0) is 11.3 Å². The molecule has 0 saturated heterocycles. The number of carbonyl (C=O) groups excluding carboxylic acids is 1. The zero-order valence-corrected chi connectivity index (χ0v) is 15.7. The van der Waals surface area contributed by atoms with Gasteiger partial charge in [0.05, 0.1) is 5.25 Å². The molecule has 1 aliphatic heterocycles. The van der Waals surface area contributed by atoms with E-state index >= 15 is 0 Å². The predicted molar refractivity (Wildman–Crippen MR) is 99.5 cm³/mol. The second kappa shape index (κ2) is 8.27.